The molecular weight excluding hydrogens is 474 g/mol. The molecule has 7 nitrogen and oxygen atoms in total. The fraction of sp³-hybridized carbons (Fsp3) is 0.107. The maximum atomic E-state index is 12.4. The third-order valence-electron chi connectivity index (χ3n) is 5.30. The monoisotopic (exact) mass is 499 g/mol. The van der Waals surface area contributed by atoms with Crippen molar-refractivity contribution in [3.05, 3.63) is 96.1 Å². The third kappa shape index (κ3) is 5.97. The lowest BCUT2D eigenvalue weighted by atomic mass is 10.1. The van der Waals surface area contributed by atoms with Crippen LogP contribution in [0.15, 0.2) is 90.0 Å². The molecule has 0 saturated carbocycles. The molecule has 0 saturated heterocycles. The molecule has 2 N–H and O–H groups in total. The molecular formula is C28H25N3O4S. The van der Waals surface area contributed by atoms with E-state index in [0.29, 0.717) is 17.1 Å². The number of hydrogen-bond donors (Lipinski definition) is 2. The van der Waals surface area contributed by atoms with Crippen molar-refractivity contribution in [2.75, 3.05) is 20.8 Å². The molecule has 1 aromatic heterocycles. The van der Waals surface area contributed by atoms with Crippen molar-refractivity contribution in [1.82, 2.24) is 10.7 Å². The lowest BCUT2D eigenvalue weighted by Gasteiger charge is -2.09. The van der Waals surface area contributed by atoms with Gasteiger partial charge < -0.3 is 14.8 Å². The van der Waals surface area contributed by atoms with Crippen LogP contribution in [-0.4, -0.2) is 38.8 Å². The van der Waals surface area contributed by atoms with E-state index in [2.05, 4.69) is 34.0 Å². The molecule has 0 atom stereocenters. The van der Waals surface area contributed by atoms with Crippen LogP contribution in [-0.2, 0) is 4.79 Å². The van der Waals surface area contributed by atoms with Gasteiger partial charge in [-0.05, 0) is 35.4 Å². The molecule has 4 aromatic rings. The van der Waals surface area contributed by atoms with E-state index in [1.54, 1.807) is 35.8 Å². The number of methoxy groups -OCH3 is 2. The number of ether oxygens (including phenoxy) is 2. The Morgan fingerprint density at radius 3 is 2.19 bits per heavy atom. The van der Waals surface area contributed by atoms with Gasteiger partial charge in [-0.1, -0.05) is 60.7 Å². The summed E-state index contributed by atoms with van der Waals surface area (Å²) >= 11 is 1.66. The zero-order chi connectivity index (χ0) is 25.3. The second kappa shape index (κ2) is 11.8. The second-order valence-electron chi connectivity index (χ2n) is 7.67. The van der Waals surface area contributed by atoms with E-state index in [-0.39, 0.29) is 6.54 Å². The Hall–Kier alpha value is -4.43. The van der Waals surface area contributed by atoms with Crippen molar-refractivity contribution in [3.8, 4) is 32.4 Å². The number of carbonyl (C=O) groups is 2. The highest BCUT2D eigenvalue weighted by Crippen LogP contribution is 2.37. The van der Waals surface area contributed by atoms with Gasteiger partial charge in [0.15, 0.2) is 11.5 Å². The van der Waals surface area contributed by atoms with E-state index in [1.165, 1.54) is 14.2 Å². The quantitative estimate of drug-likeness (QED) is 0.251. The SMILES string of the molecule is COc1ccc(C(=O)NCC(=O)NN=Cc2cc(-c3ccccc3)sc2-c2ccccc2)cc1OC. The summed E-state index contributed by atoms with van der Waals surface area (Å²) in [4.78, 5) is 26.9. The molecule has 0 aliphatic rings. The van der Waals surface area contributed by atoms with Gasteiger partial charge in [-0.25, -0.2) is 5.43 Å². The minimum atomic E-state index is -0.445. The van der Waals surface area contributed by atoms with Crippen LogP contribution >= 0.6 is 11.3 Å². The van der Waals surface area contributed by atoms with Gasteiger partial charge in [0.25, 0.3) is 11.8 Å². The number of hydrogen-bond acceptors (Lipinski definition) is 6. The first-order chi connectivity index (χ1) is 17.6. The minimum Gasteiger partial charge on any atom is -0.493 e. The first kappa shape index (κ1) is 24.7. The number of rotatable bonds is 9. The van der Waals surface area contributed by atoms with Gasteiger partial charge >= 0.3 is 0 Å². The molecule has 0 radical (unpaired) electrons. The molecule has 2 amide bonds. The largest absolute Gasteiger partial charge is 0.493 e. The molecule has 0 fully saturated rings. The van der Waals surface area contributed by atoms with Gasteiger partial charge in [0.1, 0.15) is 0 Å². The highest BCUT2D eigenvalue weighted by atomic mass is 32.1. The van der Waals surface area contributed by atoms with Crippen LogP contribution in [0.2, 0.25) is 0 Å². The van der Waals surface area contributed by atoms with Crippen molar-refractivity contribution in [2.24, 2.45) is 5.10 Å². The molecule has 4 rings (SSSR count). The number of hydrazone groups is 1. The van der Waals surface area contributed by atoms with Crippen LogP contribution in [0, 0.1) is 0 Å². The predicted molar refractivity (Wildman–Crippen MR) is 143 cm³/mol. The maximum Gasteiger partial charge on any atom is 0.259 e. The summed E-state index contributed by atoms with van der Waals surface area (Å²) < 4.78 is 10.4. The predicted octanol–water partition coefficient (Wildman–Crippen LogP) is 4.98. The van der Waals surface area contributed by atoms with Gasteiger partial charge in [0.05, 0.1) is 27.0 Å². The number of nitrogens with zero attached hydrogens (tertiary/aromatic N) is 1. The number of benzene rings is 3. The summed E-state index contributed by atoms with van der Waals surface area (Å²) in [5.41, 5.74) is 5.90. The second-order valence-corrected chi connectivity index (χ2v) is 8.72. The van der Waals surface area contributed by atoms with Crippen molar-refractivity contribution in [1.29, 1.82) is 0 Å². The van der Waals surface area contributed by atoms with Crippen molar-refractivity contribution < 1.29 is 19.1 Å². The minimum absolute atomic E-state index is 0.227. The Labute approximate surface area is 213 Å². The molecule has 1 heterocycles. The number of nitrogens with one attached hydrogen (secondary N) is 2. The molecule has 3 aromatic carbocycles. The Kier molecular flexibility index (Phi) is 8.10. The molecule has 0 unspecified atom stereocenters. The van der Waals surface area contributed by atoms with E-state index in [0.717, 1.165) is 26.4 Å². The third-order valence-corrected chi connectivity index (χ3v) is 6.55. The molecule has 0 spiro atoms. The normalized spacial score (nSPS) is 10.7. The Morgan fingerprint density at radius 1 is 0.861 bits per heavy atom. The summed E-state index contributed by atoms with van der Waals surface area (Å²) in [5, 5.41) is 6.71. The lowest BCUT2D eigenvalue weighted by Crippen LogP contribution is -2.34. The first-order valence-electron chi connectivity index (χ1n) is 11.2. The average molecular weight is 500 g/mol. The molecule has 0 aliphatic heterocycles. The fourth-order valence-electron chi connectivity index (χ4n) is 3.51. The zero-order valence-corrected chi connectivity index (χ0v) is 20.7. The van der Waals surface area contributed by atoms with E-state index in [4.69, 9.17) is 9.47 Å². The van der Waals surface area contributed by atoms with Crippen LogP contribution < -0.4 is 20.2 Å². The lowest BCUT2D eigenvalue weighted by molar-refractivity contribution is -0.120. The van der Waals surface area contributed by atoms with Crippen LogP contribution in [0.3, 0.4) is 0 Å². The molecule has 0 bridgehead atoms. The number of thiophene rings is 1. The van der Waals surface area contributed by atoms with E-state index in [1.807, 2.05) is 48.5 Å². The molecule has 8 heteroatoms. The highest BCUT2D eigenvalue weighted by molar-refractivity contribution is 7.19. The highest BCUT2D eigenvalue weighted by Gasteiger charge is 2.13. The zero-order valence-electron chi connectivity index (χ0n) is 19.9. The van der Waals surface area contributed by atoms with Crippen LogP contribution in [0.5, 0.6) is 11.5 Å². The van der Waals surface area contributed by atoms with Gasteiger partial charge in [-0.3, -0.25) is 9.59 Å². The van der Waals surface area contributed by atoms with E-state index < -0.39 is 11.8 Å². The molecule has 182 valence electrons. The van der Waals surface area contributed by atoms with Crippen molar-refractivity contribution in [3.63, 3.8) is 0 Å². The first-order valence-corrected chi connectivity index (χ1v) is 12.0. The van der Waals surface area contributed by atoms with Crippen molar-refractivity contribution in [2.45, 2.75) is 0 Å². The van der Waals surface area contributed by atoms with Gasteiger partial charge in [-0.15, -0.1) is 11.3 Å². The van der Waals surface area contributed by atoms with Crippen molar-refractivity contribution >= 4 is 29.4 Å². The van der Waals surface area contributed by atoms with Crippen LogP contribution in [0.4, 0.5) is 0 Å². The van der Waals surface area contributed by atoms with Gasteiger partial charge in [-0.2, -0.15) is 5.10 Å². The van der Waals surface area contributed by atoms with Crippen LogP contribution in [0.25, 0.3) is 20.9 Å². The summed E-state index contributed by atoms with van der Waals surface area (Å²) in [7, 11) is 3.01. The molecule has 36 heavy (non-hydrogen) atoms. The smallest absolute Gasteiger partial charge is 0.259 e. The number of amides is 2. The Morgan fingerprint density at radius 2 is 1.53 bits per heavy atom. The summed E-state index contributed by atoms with van der Waals surface area (Å²) in [6.45, 7) is -0.227. The maximum absolute atomic E-state index is 12.4. The van der Waals surface area contributed by atoms with E-state index in [9.17, 15) is 9.59 Å². The Balaban J connectivity index is 1.42. The summed E-state index contributed by atoms with van der Waals surface area (Å²) in [5.74, 6) is 0.0885. The Bertz CT molecular complexity index is 1370. The summed E-state index contributed by atoms with van der Waals surface area (Å²) in [6, 6.07) is 27.0. The standard InChI is InChI=1S/C28H25N3O4S/c1-34-23-14-13-21(15-24(23)35-2)28(33)29-18-26(32)31-30-17-22-16-25(19-9-5-3-6-10-19)36-27(22)20-11-7-4-8-12-20/h3-17H,18H2,1-2H3,(H,29,33)(H,31,32). The summed E-state index contributed by atoms with van der Waals surface area (Å²) in [6.07, 6.45) is 1.62. The fourth-order valence-corrected chi connectivity index (χ4v) is 4.66. The van der Waals surface area contributed by atoms with Gasteiger partial charge in [0, 0.05) is 20.9 Å². The topological polar surface area (TPSA) is 89.0 Å². The molecule has 0 aliphatic carbocycles. The van der Waals surface area contributed by atoms with Gasteiger partial charge in [0.2, 0.25) is 0 Å². The van der Waals surface area contributed by atoms with Crippen LogP contribution in [0.1, 0.15) is 15.9 Å². The number of carbonyl (C=O) groups excluding carboxylic acids is 2. The average Bonchev–Trinajstić information content (AvgIpc) is 3.36. The van der Waals surface area contributed by atoms with E-state index >= 15 is 0 Å².